The summed E-state index contributed by atoms with van der Waals surface area (Å²) in [5.41, 5.74) is 4.24. The monoisotopic (exact) mass is 375 g/mol. The first-order valence-electron chi connectivity index (χ1n) is 8.89. The van der Waals surface area contributed by atoms with Crippen molar-refractivity contribution in [2.45, 2.75) is 27.2 Å². The van der Waals surface area contributed by atoms with E-state index in [2.05, 4.69) is 29.6 Å². The van der Waals surface area contributed by atoms with Gasteiger partial charge < -0.3 is 14.5 Å². The third-order valence-electron chi connectivity index (χ3n) is 4.45. The number of benzene rings is 1. The molecule has 1 aromatic carbocycles. The molecule has 0 spiro atoms. The van der Waals surface area contributed by atoms with Gasteiger partial charge in [0.1, 0.15) is 0 Å². The van der Waals surface area contributed by atoms with Crippen molar-refractivity contribution >= 4 is 23.0 Å². The smallest absolute Gasteiger partial charge is 0.311 e. The molecular formula is C19H25N3O3S. The minimum absolute atomic E-state index is 0.217. The van der Waals surface area contributed by atoms with Gasteiger partial charge in [-0.3, -0.25) is 4.79 Å². The molecule has 0 radical (unpaired) electrons. The highest BCUT2D eigenvalue weighted by Crippen LogP contribution is 2.21. The van der Waals surface area contributed by atoms with E-state index in [1.54, 1.807) is 11.3 Å². The van der Waals surface area contributed by atoms with Crippen LogP contribution in [0, 0.1) is 13.8 Å². The van der Waals surface area contributed by atoms with Crippen LogP contribution in [0.5, 0.6) is 0 Å². The van der Waals surface area contributed by atoms with Crippen LogP contribution in [-0.4, -0.2) is 43.6 Å². The number of aromatic nitrogens is 1. The summed E-state index contributed by atoms with van der Waals surface area (Å²) in [4.78, 5) is 17.8. The molecule has 7 heteroatoms. The number of rotatable bonds is 5. The molecule has 1 aliphatic heterocycles. The number of ether oxygens (including phenoxy) is 2. The maximum Gasteiger partial charge on any atom is 0.311 e. The van der Waals surface area contributed by atoms with Crippen LogP contribution in [0.15, 0.2) is 28.6 Å². The van der Waals surface area contributed by atoms with E-state index in [0.29, 0.717) is 19.8 Å². The van der Waals surface area contributed by atoms with E-state index in [-0.39, 0.29) is 12.4 Å². The number of carbonyl (C=O) groups excluding carboxylic acids is 1. The summed E-state index contributed by atoms with van der Waals surface area (Å²) in [7, 11) is 0. The molecule has 0 amide bonds. The number of hydrogen-bond donors (Lipinski definition) is 0. The molecule has 3 rings (SSSR count). The lowest BCUT2D eigenvalue weighted by Gasteiger charge is -2.31. The predicted octanol–water partition coefficient (Wildman–Crippen LogP) is 2.47. The van der Waals surface area contributed by atoms with Crippen LogP contribution in [0.4, 0.5) is 5.69 Å². The zero-order chi connectivity index (χ0) is 18.5. The van der Waals surface area contributed by atoms with E-state index < -0.39 is 0 Å². The van der Waals surface area contributed by atoms with Crippen LogP contribution in [0.1, 0.15) is 23.7 Å². The zero-order valence-corrected chi connectivity index (χ0v) is 16.3. The molecule has 1 aliphatic rings. The van der Waals surface area contributed by atoms with Crippen molar-refractivity contribution in [3.8, 4) is 0 Å². The van der Waals surface area contributed by atoms with Gasteiger partial charge >= 0.3 is 5.97 Å². The average molecular weight is 375 g/mol. The fourth-order valence-electron chi connectivity index (χ4n) is 2.91. The Kier molecular flexibility index (Phi) is 6.11. The Bertz CT molecular complexity index is 835. The fourth-order valence-corrected chi connectivity index (χ4v) is 3.82. The third kappa shape index (κ3) is 4.16. The van der Waals surface area contributed by atoms with Crippen LogP contribution in [0.25, 0.3) is 0 Å². The van der Waals surface area contributed by atoms with Crippen LogP contribution >= 0.6 is 11.3 Å². The second kappa shape index (κ2) is 8.51. The molecule has 6 nitrogen and oxygen atoms in total. The highest BCUT2D eigenvalue weighted by molar-refractivity contribution is 7.07. The maximum atomic E-state index is 12.0. The van der Waals surface area contributed by atoms with Crippen molar-refractivity contribution < 1.29 is 14.3 Å². The van der Waals surface area contributed by atoms with E-state index in [4.69, 9.17) is 14.5 Å². The summed E-state index contributed by atoms with van der Waals surface area (Å²) in [6, 6.07) is 6.13. The van der Waals surface area contributed by atoms with Gasteiger partial charge in [-0.25, -0.2) is 9.67 Å². The SMILES string of the molecule is CCOC(=O)Cc1csc(=Nc2cccc(C)c2C)n1N1CCOCC1. The topological polar surface area (TPSA) is 56.1 Å². The number of nitrogens with zero attached hydrogens (tertiary/aromatic N) is 3. The summed E-state index contributed by atoms with van der Waals surface area (Å²) in [5, 5.41) is 4.19. The largest absolute Gasteiger partial charge is 0.466 e. The number of aryl methyl sites for hydroxylation is 1. The lowest BCUT2D eigenvalue weighted by atomic mass is 10.1. The summed E-state index contributed by atoms with van der Waals surface area (Å²) >= 11 is 1.55. The number of hydrogen-bond acceptors (Lipinski definition) is 6. The quantitative estimate of drug-likeness (QED) is 0.754. The van der Waals surface area contributed by atoms with Gasteiger partial charge in [0.15, 0.2) is 0 Å². The van der Waals surface area contributed by atoms with Gasteiger partial charge in [-0.2, -0.15) is 0 Å². The van der Waals surface area contributed by atoms with Gasteiger partial charge in [-0.15, -0.1) is 11.3 Å². The molecule has 26 heavy (non-hydrogen) atoms. The Morgan fingerprint density at radius 2 is 2.08 bits per heavy atom. The molecule has 0 N–H and O–H groups in total. The zero-order valence-electron chi connectivity index (χ0n) is 15.5. The van der Waals surface area contributed by atoms with E-state index in [0.717, 1.165) is 29.3 Å². The minimum Gasteiger partial charge on any atom is -0.466 e. The maximum absolute atomic E-state index is 12.0. The molecular weight excluding hydrogens is 350 g/mol. The first-order valence-corrected chi connectivity index (χ1v) is 9.77. The lowest BCUT2D eigenvalue weighted by Crippen LogP contribution is -2.48. The molecule has 0 saturated carbocycles. The lowest BCUT2D eigenvalue weighted by molar-refractivity contribution is -0.142. The number of thiazole rings is 1. The molecule has 0 bridgehead atoms. The Morgan fingerprint density at radius 3 is 2.81 bits per heavy atom. The predicted molar refractivity (Wildman–Crippen MR) is 103 cm³/mol. The molecule has 0 aliphatic carbocycles. The second-order valence-corrected chi connectivity index (χ2v) is 7.04. The second-order valence-electron chi connectivity index (χ2n) is 6.20. The van der Waals surface area contributed by atoms with Crippen molar-refractivity contribution in [3.63, 3.8) is 0 Å². The Morgan fingerprint density at radius 1 is 1.31 bits per heavy atom. The summed E-state index contributed by atoms with van der Waals surface area (Å²) in [5.74, 6) is -0.217. The van der Waals surface area contributed by atoms with E-state index in [1.807, 2.05) is 24.4 Å². The van der Waals surface area contributed by atoms with Gasteiger partial charge in [0.2, 0.25) is 4.80 Å². The minimum atomic E-state index is -0.217. The molecule has 1 saturated heterocycles. The van der Waals surface area contributed by atoms with Gasteiger partial charge in [0.25, 0.3) is 0 Å². The number of carbonyl (C=O) groups is 1. The summed E-state index contributed by atoms with van der Waals surface area (Å²) < 4.78 is 12.7. The molecule has 140 valence electrons. The van der Waals surface area contributed by atoms with Crippen molar-refractivity contribution in [3.05, 3.63) is 45.2 Å². The molecule has 2 heterocycles. The third-order valence-corrected chi connectivity index (χ3v) is 5.31. The molecule has 2 aromatic rings. The Hall–Kier alpha value is -2.12. The van der Waals surface area contributed by atoms with E-state index in [1.165, 1.54) is 11.1 Å². The number of morpholine rings is 1. The molecule has 1 fully saturated rings. The number of esters is 1. The van der Waals surface area contributed by atoms with Crippen molar-refractivity contribution in [2.24, 2.45) is 4.99 Å². The summed E-state index contributed by atoms with van der Waals surface area (Å²) in [6.45, 7) is 9.27. The average Bonchev–Trinajstić information content (AvgIpc) is 3.02. The van der Waals surface area contributed by atoms with Gasteiger partial charge in [0.05, 0.1) is 50.7 Å². The van der Waals surface area contributed by atoms with Crippen molar-refractivity contribution in [1.82, 2.24) is 4.68 Å². The fraction of sp³-hybridized carbons (Fsp3) is 0.474. The molecule has 1 aromatic heterocycles. The summed E-state index contributed by atoms with van der Waals surface area (Å²) in [6.07, 6.45) is 0.240. The van der Waals surface area contributed by atoms with E-state index >= 15 is 0 Å². The van der Waals surface area contributed by atoms with E-state index in [9.17, 15) is 4.79 Å². The van der Waals surface area contributed by atoms with Gasteiger partial charge in [-0.05, 0) is 38.0 Å². The van der Waals surface area contributed by atoms with Crippen LogP contribution < -0.4 is 9.81 Å². The highest BCUT2D eigenvalue weighted by atomic mass is 32.1. The standard InChI is InChI=1S/C19H25N3O3S/c1-4-25-18(23)12-16-13-26-19(22(16)21-8-10-24-11-9-21)20-17-7-5-6-14(2)15(17)3/h5-7,13H,4,8-12H2,1-3H3. The van der Waals surface area contributed by atoms with Gasteiger partial charge in [0, 0.05) is 5.38 Å². The van der Waals surface area contributed by atoms with Crippen LogP contribution in [0.3, 0.4) is 0 Å². The van der Waals surface area contributed by atoms with Gasteiger partial charge in [-0.1, -0.05) is 12.1 Å². The highest BCUT2D eigenvalue weighted by Gasteiger charge is 2.18. The van der Waals surface area contributed by atoms with Crippen LogP contribution in [0.2, 0.25) is 0 Å². The Balaban J connectivity index is 2.04. The van der Waals surface area contributed by atoms with Crippen LogP contribution in [-0.2, 0) is 20.7 Å². The van der Waals surface area contributed by atoms with Crippen molar-refractivity contribution in [1.29, 1.82) is 0 Å². The first kappa shape index (κ1) is 18.7. The first-order chi connectivity index (χ1) is 12.6. The Labute approximate surface area is 157 Å². The normalized spacial score (nSPS) is 15.3. The molecule has 0 unspecified atom stereocenters. The molecule has 0 atom stereocenters. The van der Waals surface area contributed by atoms with Crippen molar-refractivity contribution in [2.75, 3.05) is 37.9 Å².